The lowest BCUT2D eigenvalue weighted by Crippen LogP contribution is -2.36. The van der Waals surface area contributed by atoms with Crippen LogP contribution in [0, 0.1) is 11.8 Å². The summed E-state index contributed by atoms with van der Waals surface area (Å²) in [4.78, 5) is 0. The molecule has 0 aromatic rings. The van der Waals surface area contributed by atoms with Crippen LogP contribution in [0.5, 0.6) is 0 Å². The molecule has 0 heterocycles. The summed E-state index contributed by atoms with van der Waals surface area (Å²) in [5.74, 6) is 1.82. The molecule has 0 bridgehead atoms. The van der Waals surface area contributed by atoms with Gasteiger partial charge in [-0.2, -0.15) is 0 Å². The van der Waals surface area contributed by atoms with Crippen molar-refractivity contribution in [2.24, 2.45) is 11.8 Å². The van der Waals surface area contributed by atoms with Crippen LogP contribution in [0.3, 0.4) is 0 Å². The predicted molar refractivity (Wildman–Crippen MR) is 63.4 cm³/mol. The van der Waals surface area contributed by atoms with E-state index in [0.717, 1.165) is 24.4 Å². The lowest BCUT2D eigenvalue weighted by molar-refractivity contribution is 0.230. The van der Waals surface area contributed by atoms with Gasteiger partial charge < -0.3 is 5.32 Å². The first-order valence-corrected chi connectivity index (χ1v) is 5.96. The second-order valence-corrected chi connectivity index (χ2v) is 5.15. The smallest absolute Gasteiger partial charge is 0.0139 e. The Bertz CT molecular complexity index is 191. The van der Waals surface area contributed by atoms with Gasteiger partial charge in [-0.05, 0) is 44.9 Å². The van der Waals surface area contributed by atoms with E-state index in [9.17, 15) is 0 Å². The van der Waals surface area contributed by atoms with E-state index in [4.69, 9.17) is 0 Å². The highest BCUT2D eigenvalue weighted by molar-refractivity contribution is 4.95. The van der Waals surface area contributed by atoms with Gasteiger partial charge in [0.25, 0.3) is 0 Å². The first-order chi connectivity index (χ1) is 6.59. The summed E-state index contributed by atoms with van der Waals surface area (Å²) >= 11 is 0. The number of allylic oxidation sites excluding steroid dienone is 1. The molecule has 1 rings (SSSR count). The Labute approximate surface area is 89.0 Å². The maximum Gasteiger partial charge on any atom is 0.0139 e. The molecule has 0 saturated heterocycles. The maximum absolute atomic E-state index is 3.63. The molecule has 1 fully saturated rings. The Morgan fingerprint density at radius 3 is 2.50 bits per heavy atom. The second-order valence-electron chi connectivity index (χ2n) is 5.15. The highest BCUT2D eigenvalue weighted by atomic mass is 14.9. The van der Waals surface area contributed by atoms with Gasteiger partial charge in [0, 0.05) is 12.6 Å². The average Bonchev–Trinajstić information content (AvgIpc) is 2.10. The largest absolute Gasteiger partial charge is 0.311 e. The lowest BCUT2D eigenvalue weighted by atomic mass is 9.79. The molecule has 0 aromatic carbocycles. The molecule has 3 unspecified atom stereocenters. The molecule has 1 heteroatoms. The number of hydrogen-bond acceptors (Lipinski definition) is 1. The summed E-state index contributed by atoms with van der Waals surface area (Å²) in [6.07, 6.45) is 6.40. The van der Waals surface area contributed by atoms with Crippen molar-refractivity contribution < 1.29 is 0 Å². The standard InChI is InChI=1S/C13H25N/c1-10(2)7-8-14-13-6-5-11(3)12(4)9-13/h7,11-14H,5-6,8-9H2,1-4H3. The van der Waals surface area contributed by atoms with Crippen molar-refractivity contribution in [3.8, 4) is 0 Å². The monoisotopic (exact) mass is 195 g/mol. The lowest BCUT2D eigenvalue weighted by Gasteiger charge is -2.32. The van der Waals surface area contributed by atoms with Gasteiger partial charge in [0.1, 0.15) is 0 Å². The third kappa shape index (κ3) is 3.83. The van der Waals surface area contributed by atoms with Gasteiger partial charge in [0.05, 0.1) is 0 Å². The van der Waals surface area contributed by atoms with Crippen molar-refractivity contribution in [3.05, 3.63) is 11.6 Å². The summed E-state index contributed by atoms with van der Waals surface area (Å²) in [5.41, 5.74) is 1.41. The van der Waals surface area contributed by atoms with Crippen molar-refractivity contribution in [3.63, 3.8) is 0 Å². The zero-order chi connectivity index (χ0) is 10.6. The fourth-order valence-corrected chi connectivity index (χ4v) is 2.16. The molecule has 14 heavy (non-hydrogen) atoms. The van der Waals surface area contributed by atoms with Crippen LogP contribution >= 0.6 is 0 Å². The molecule has 1 aliphatic carbocycles. The quantitative estimate of drug-likeness (QED) is 0.681. The fraction of sp³-hybridized carbons (Fsp3) is 0.846. The first-order valence-electron chi connectivity index (χ1n) is 5.96. The minimum atomic E-state index is 0.761. The van der Waals surface area contributed by atoms with Gasteiger partial charge in [-0.1, -0.05) is 25.5 Å². The van der Waals surface area contributed by atoms with Crippen molar-refractivity contribution in [2.75, 3.05) is 6.54 Å². The summed E-state index contributed by atoms with van der Waals surface area (Å²) in [7, 11) is 0. The Hall–Kier alpha value is -0.300. The molecule has 1 nitrogen and oxygen atoms in total. The Balaban J connectivity index is 2.23. The summed E-state index contributed by atoms with van der Waals surface area (Å²) in [6.45, 7) is 10.1. The maximum atomic E-state index is 3.63. The molecule has 1 N–H and O–H groups in total. The highest BCUT2D eigenvalue weighted by Crippen LogP contribution is 2.29. The van der Waals surface area contributed by atoms with Gasteiger partial charge in [0.15, 0.2) is 0 Å². The molecule has 1 saturated carbocycles. The first kappa shape index (κ1) is 11.8. The number of rotatable bonds is 3. The van der Waals surface area contributed by atoms with E-state index >= 15 is 0 Å². The van der Waals surface area contributed by atoms with E-state index < -0.39 is 0 Å². The van der Waals surface area contributed by atoms with E-state index in [1.165, 1.54) is 24.8 Å². The Kier molecular flexibility index (Phi) is 4.67. The van der Waals surface area contributed by atoms with Crippen molar-refractivity contribution in [2.45, 2.75) is 53.0 Å². The van der Waals surface area contributed by atoms with Crippen molar-refractivity contribution >= 4 is 0 Å². The number of hydrogen-bond donors (Lipinski definition) is 1. The van der Waals surface area contributed by atoms with E-state index in [2.05, 4.69) is 39.1 Å². The van der Waals surface area contributed by atoms with Gasteiger partial charge in [0.2, 0.25) is 0 Å². The highest BCUT2D eigenvalue weighted by Gasteiger charge is 2.23. The molecular formula is C13H25N. The zero-order valence-corrected chi connectivity index (χ0v) is 10.1. The molecular weight excluding hydrogens is 170 g/mol. The molecule has 82 valence electrons. The van der Waals surface area contributed by atoms with Crippen LogP contribution in [0.1, 0.15) is 47.0 Å². The molecule has 3 atom stereocenters. The summed E-state index contributed by atoms with van der Waals surface area (Å²) in [5, 5.41) is 3.63. The van der Waals surface area contributed by atoms with Crippen LogP contribution in [0.2, 0.25) is 0 Å². The van der Waals surface area contributed by atoms with Crippen LogP contribution in [0.4, 0.5) is 0 Å². The SMILES string of the molecule is CC(C)=CCNC1CCC(C)C(C)C1. The molecule has 0 amide bonds. The minimum absolute atomic E-state index is 0.761. The second kappa shape index (κ2) is 5.55. The Morgan fingerprint density at radius 2 is 1.93 bits per heavy atom. The van der Waals surface area contributed by atoms with Crippen LogP contribution in [-0.2, 0) is 0 Å². The van der Waals surface area contributed by atoms with E-state index in [1.54, 1.807) is 0 Å². The van der Waals surface area contributed by atoms with E-state index in [0.29, 0.717) is 0 Å². The third-order valence-electron chi connectivity index (χ3n) is 3.52. The van der Waals surface area contributed by atoms with Crippen LogP contribution in [0.25, 0.3) is 0 Å². The van der Waals surface area contributed by atoms with Gasteiger partial charge in [-0.3, -0.25) is 0 Å². The topological polar surface area (TPSA) is 12.0 Å². The molecule has 0 radical (unpaired) electrons. The number of nitrogens with one attached hydrogen (secondary N) is 1. The summed E-state index contributed by atoms with van der Waals surface area (Å²) in [6, 6.07) is 0.761. The average molecular weight is 195 g/mol. The fourth-order valence-electron chi connectivity index (χ4n) is 2.16. The zero-order valence-electron chi connectivity index (χ0n) is 10.1. The van der Waals surface area contributed by atoms with E-state index in [-0.39, 0.29) is 0 Å². The third-order valence-corrected chi connectivity index (χ3v) is 3.52. The minimum Gasteiger partial charge on any atom is -0.311 e. The predicted octanol–water partition coefficient (Wildman–Crippen LogP) is 3.37. The molecule has 1 aliphatic rings. The van der Waals surface area contributed by atoms with Crippen LogP contribution in [-0.4, -0.2) is 12.6 Å². The molecule has 0 aromatic heterocycles. The van der Waals surface area contributed by atoms with Gasteiger partial charge >= 0.3 is 0 Å². The van der Waals surface area contributed by atoms with Crippen molar-refractivity contribution in [1.82, 2.24) is 5.32 Å². The summed E-state index contributed by atoms with van der Waals surface area (Å²) < 4.78 is 0. The van der Waals surface area contributed by atoms with Gasteiger partial charge in [-0.15, -0.1) is 0 Å². The molecule has 0 aliphatic heterocycles. The van der Waals surface area contributed by atoms with Crippen molar-refractivity contribution in [1.29, 1.82) is 0 Å². The Morgan fingerprint density at radius 1 is 1.21 bits per heavy atom. The van der Waals surface area contributed by atoms with E-state index in [1.807, 2.05) is 0 Å². The van der Waals surface area contributed by atoms with Crippen LogP contribution in [0.15, 0.2) is 11.6 Å². The van der Waals surface area contributed by atoms with Gasteiger partial charge in [-0.25, -0.2) is 0 Å². The van der Waals surface area contributed by atoms with Crippen LogP contribution < -0.4 is 5.32 Å². The molecule has 0 spiro atoms. The normalized spacial score (nSPS) is 32.7.